The Morgan fingerprint density at radius 3 is 2.54 bits per heavy atom. The van der Waals surface area contributed by atoms with Gasteiger partial charge in [-0.3, -0.25) is 4.79 Å². The Morgan fingerprint density at radius 1 is 1.14 bits per heavy atom. The van der Waals surface area contributed by atoms with Crippen molar-refractivity contribution in [1.29, 1.82) is 0 Å². The number of sulfonamides is 1. The minimum absolute atomic E-state index is 0.116. The van der Waals surface area contributed by atoms with Crippen LogP contribution in [-0.4, -0.2) is 52.9 Å². The first kappa shape index (κ1) is 19.6. The van der Waals surface area contributed by atoms with Crippen LogP contribution in [0.1, 0.15) is 21.5 Å². The molecule has 0 aliphatic rings. The molecule has 2 aromatic carbocycles. The van der Waals surface area contributed by atoms with Crippen molar-refractivity contribution in [2.75, 3.05) is 19.4 Å². The molecule has 3 rings (SSSR count). The maximum atomic E-state index is 12.8. The minimum atomic E-state index is -3.67. The maximum absolute atomic E-state index is 12.8. The average molecular weight is 400 g/mol. The normalized spacial score (nSPS) is 11.6. The van der Waals surface area contributed by atoms with Crippen molar-refractivity contribution < 1.29 is 13.2 Å². The average Bonchev–Trinajstić information content (AvgIpc) is 3.18. The van der Waals surface area contributed by atoms with Gasteiger partial charge < -0.3 is 5.32 Å². The SMILES string of the molecule is Cc1cc(C(=O)Nc2cccc(-n3cnnn3)c2)cc(S(=O)(=O)N(C)C)c1C. The Morgan fingerprint density at radius 2 is 1.89 bits per heavy atom. The Kier molecular flexibility index (Phi) is 5.25. The number of nitrogens with zero attached hydrogens (tertiary/aromatic N) is 5. The summed E-state index contributed by atoms with van der Waals surface area (Å²) in [5.41, 5.74) is 2.81. The summed E-state index contributed by atoms with van der Waals surface area (Å²) in [5, 5.41) is 13.8. The van der Waals surface area contributed by atoms with Gasteiger partial charge >= 0.3 is 0 Å². The van der Waals surface area contributed by atoms with Gasteiger partial charge in [0.05, 0.1) is 10.6 Å². The van der Waals surface area contributed by atoms with E-state index in [0.29, 0.717) is 16.9 Å². The summed E-state index contributed by atoms with van der Waals surface area (Å²) < 4.78 is 27.8. The highest BCUT2D eigenvalue weighted by Crippen LogP contribution is 2.24. The highest BCUT2D eigenvalue weighted by atomic mass is 32.2. The van der Waals surface area contributed by atoms with Gasteiger partial charge in [0.2, 0.25) is 10.0 Å². The molecule has 1 N–H and O–H groups in total. The van der Waals surface area contributed by atoms with Crippen LogP contribution in [0.4, 0.5) is 5.69 Å². The maximum Gasteiger partial charge on any atom is 0.255 e. The summed E-state index contributed by atoms with van der Waals surface area (Å²) >= 11 is 0. The smallest absolute Gasteiger partial charge is 0.255 e. The van der Waals surface area contributed by atoms with Crippen LogP contribution >= 0.6 is 0 Å². The largest absolute Gasteiger partial charge is 0.322 e. The van der Waals surface area contributed by atoms with Crippen molar-refractivity contribution >= 4 is 21.6 Å². The van der Waals surface area contributed by atoms with E-state index in [0.717, 1.165) is 9.87 Å². The predicted molar refractivity (Wildman–Crippen MR) is 104 cm³/mol. The lowest BCUT2D eigenvalue weighted by atomic mass is 10.1. The van der Waals surface area contributed by atoms with Crippen molar-refractivity contribution in [3.05, 3.63) is 59.4 Å². The molecule has 0 fully saturated rings. The molecule has 0 saturated carbocycles. The Balaban J connectivity index is 1.94. The second-order valence-corrected chi connectivity index (χ2v) is 8.58. The molecule has 0 radical (unpaired) electrons. The second-order valence-electron chi connectivity index (χ2n) is 6.46. The van der Waals surface area contributed by atoms with Gasteiger partial charge in [-0.1, -0.05) is 6.07 Å². The van der Waals surface area contributed by atoms with Crippen LogP contribution in [0.2, 0.25) is 0 Å². The molecule has 10 heteroatoms. The first-order valence-electron chi connectivity index (χ1n) is 8.38. The summed E-state index contributed by atoms with van der Waals surface area (Å²) in [7, 11) is -0.748. The Bertz CT molecular complexity index is 1120. The number of anilines is 1. The molecule has 0 aliphatic carbocycles. The number of tetrazole rings is 1. The van der Waals surface area contributed by atoms with Crippen LogP contribution < -0.4 is 5.32 Å². The number of amides is 1. The Hall–Kier alpha value is -3.11. The fourth-order valence-corrected chi connectivity index (χ4v) is 3.85. The molecule has 0 spiro atoms. The number of aryl methyl sites for hydroxylation is 1. The summed E-state index contributed by atoms with van der Waals surface area (Å²) in [6, 6.07) is 10.1. The highest BCUT2D eigenvalue weighted by Gasteiger charge is 2.23. The Labute approximate surface area is 163 Å². The van der Waals surface area contributed by atoms with Crippen LogP contribution in [0, 0.1) is 13.8 Å². The van der Waals surface area contributed by atoms with E-state index in [1.807, 2.05) is 0 Å². The lowest BCUT2D eigenvalue weighted by Gasteiger charge is -2.16. The van der Waals surface area contributed by atoms with Crippen LogP contribution in [0.5, 0.6) is 0 Å². The third-order valence-corrected chi connectivity index (χ3v) is 6.30. The van der Waals surface area contributed by atoms with Gasteiger partial charge in [0.15, 0.2) is 0 Å². The molecule has 0 atom stereocenters. The van der Waals surface area contributed by atoms with Crippen LogP contribution in [0.15, 0.2) is 47.6 Å². The van der Waals surface area contributed by atoms with Gasteiger partial charge in [0.1, 0.15) is 6.33 Å². The quantitative estimate of drug-likeness (QED) is 0.699. The third kappa shape index (κ3) is 3.78. The van der Waals surface area contributed by atoms with E-state index in [1.165, 1.54) is 31.2 Å². The standard InChI is InChI=1S/C18H20N6O3S/c1-12-8-14(9-17(13(12)2)28(26,27)23(3)4)18(25)20-15-6-5-7-16(10-15)24-11-19-21-22-24/h5-11H,1-4H3,(H,20,25). The topological polar surface area (TPSA) is 110 Å². The van der Waals surface area contributed by atoms with Crippen LogP contribution in [-0.2, 0) is 10.0 Å². The molecule has 1 aromatic heterocycles. The van der Waals surface area contributed by atoms with Crippen LogP contribution in [0.3, 0.4) is 0 Å². The molecule has 0 unspecified atom stereocenters. The fourth-order valence-electron chi connectivity index (χ4n) is 2.63. The molecule has 3 aromatic rings. The van der Waals surface area contributed by atoms with Gasteiger partial charge in [0, 0.05) is 25.3 Å². The van der Waals surface area contributed by atoms with Gasteiger partial charge in [-0.25, -0.2) is 17.4 Å². The van der Waals surface area contributed by atoms with Crippen molar-refractivity contribution in [3.63, 3.8) is 0 Å². The molecule has 1 amide bonds. The zero-order valence-corrected chi connectivity index (χ0v) is 16.7. The van der Waals surface area contributed by atoms with E-state index >= 15 is 0 Å². The minimum Gasteiger partial charge on any atom is -0.322 e. The number of hydrogen-bond donors (Lipinski definition) is 1. The molecular weight excluding hydrogens is 380 g/mol. The van der Waals surface area contributed by atoms with E-state index in [4.69, 9.17) is 0 Å². The number of hydrogen-bond acceptors (Lipinski definition) is 6. The molecule has 0 aliphatic heterocycles. The van der Waals surface area contributed by atoms with Gasteiger partial charge in [-0.2, -0.15) is 0 Å². The van der Waals surface area contributed by atoms with E-state index in [1.54, 1.807) is 44.2 Å². The van der Waals surface area contributed by atoms with Crippen molar-refractivity contribution in [3.8, 4) is 5.69 Å². The van der Waals surface area contributed by atoms with Crippen molar-refractivity contribution in [1.82, 2.24) is 24.5 Å². The molecule has 1 heterocycles. The molecule has 0 saturated heterocycles. The molecule has 146 valence electrons. The molecule has 9 nitrogen and oxygen atoms in total. The summed E-state index contributed by atoms with van der Waals surface area (Å²) in [4.78, 5) is 12.9. The second kappa shape index (κ2) is 7.49. The van der Waals surface area contributed by atoms with Gasteiger partial charge in [-0.15, -0.1) is 5.10 Å². The molecular formula is C18H20N6O3S. The number of benzene rings is 2. The van der Waals surface area contributed by atoms with E-state index in [2.05, 4.69) is 20.8 Å². The fraction of sp³-hybridized carbons (Fsp3) is 0.222. The third-order valence-electron chi connectivity index (χ3n) is 4.36. The first-order valence-corrected chi connectivity index (χ1v) is 9.82. The van der Waals surface area contributed by atoms with E-state index in [-0.39, 0.29) is 10.5 Å². The lowest BCUT2D eigenvalue weighted by molar-refractivity contribution is 0.102. The van der Waals surface area contributed by atoms with Gasteiger partial charge in [-0.05, 0) is 65.7 Å². The zero-order chi connectivity index (χ0) is 20.5. The number of rotatable bonds is 5. The summed E-state index contributed by atoms with van der Waals surface area (Å²) in [6.45, 7) is 3.50. The number of nitrogens with one attached hydrogen (secondary N) is 1. The molecule has 0 bridgehead atoms. The number of aromatic nitrogens is 4. The monoisotopic (exact) mass is 400 g/mol. The first-order chi connectivity index (χ1) is 13.2. The summed E-state index contributed by atoms with van der Waals surface area (Å²) in [6.07, 6.45) is 1.45. The van der Waals surface area contributed by atoms with Crippen LogP contribution in [0.25, 0.3) is 5.69 Å². The summed E-state index contributed by atoms with van der Waals surface area (Å²) in [5.74, 6) is -0.410. The molecule has 28 heavy (non-hydrogen) atoms. The van der Waals surface area contributed by atoms with Gasteiger partial charge in [0.25, 0.3) is 5.91 Å². The number of carbonyl (C=O) groups excluding carboxylic acids is 1. The van der Waals surface area contributed by atoms with Crippen molar-refractivity contribution in [2.45, 2.75) is 18.7 Å². The van der Waals surface area contributed by atoms with Crippen molar-refractivity contribution in [2.24, 2.45) is 0 Å². The van der Waals surface area contributed by atoms with E-state index in [9.17, 15) is 13.2 Å². The zero-order valence-electron chi connectivity index (χ0n) is 15.9. The highest BCUT2D eigenvalue weighted by molar-refractivity contribution is 7.89. The number of carbonyl (C=O) groups is 1. The lowest BCUT2D eigenvalue weighted by Crippen LogP contribution is -2.24. The predicted octanol–water partition coefficient (Wildman–Crippen LogP) is 1.78. The van der Waals surface area contributed by atoms with E-state index < -0.39 is 15.9 Å².